The molecule has 0 bridgehead atoms. The van der Waals surface area contributed by atoms with Crippen LogP contribution in [0.15, 0.2) is 67.0 Å². The lowest BCUT2D eigenvalue weighted by atomic mass is 9.96. The number of amides is 3. The van der Waals surface area contributed by atoms with Gasteiger partial charge in [-0.05, 0) is 60.2 Å². The molecule has 39 heavy (non-hydrogen) atoms. The average Bonchev–Trinajstić information content (AvgIpc) is 3.32. The van der Waals surface area contributed by atoms with E-state index in [0.29, 0.717) is 23.4 Å². The average molecular weight is 571 g/mol. The summed E-state index contributed by atoms with van der Waals surface area (Å²) in [4.78, 5) is 47.3. The van der Waals surface area contributed by atoms with Crippen molar-refractivity contribution < 1.29 is 23.5 Å². The predicted octanol–water partition coefficient (Wildman–Crippen LogP) is 4.32. The van der Waals surface area contributed by atoms with E-state index in [1.807, 2.05) is 0 Å². The zero-order chi connectivity index (χ0) is 27.6. The molecule has 1 spiro atoms. The van der Waals surface area contributed by atoms with Gasteiger partial charge in [-0.3, -0.25) is 24.3 Å². The number of carbonyl (C=O) groups is 3. The molecule has 2 saturated heterocycles. The van der Waals surface area contributed by atoms with Gasteiger partial charge in [-0.25, -0.2) is 4.39 Å². The Kier molecular flexibility index (Phi) is 7.83. The standard InChI is InChI=1S/C28H25Cl2FN4O4/c29-22-6-3-20(15-23(22)30)26(37)34-13-9-28(10-14-34)35(27(38)19-1-4-21(31)5-2-19)24(17-39-28)25(36)33-16-18-7-11-32-12-8-18/h1-8,11-12,15,24H,9-10,13-14,16-17H2,(H,33,36)/t24-/m0/s1. The van der Waals surface area contributed by atoms with Crippen LogP contribution in [-0.2, 0) is 16.1 Å². The van der Waals surface area contributed by atoms with E-state index in [2.05, 4.69) is 10.3 Å². The van der Waals surface area contributed by atoms with Crippen molar-refractivity contribution in [2.45, 2.75) is 31.2 Å². The van der Waals surface area contributed by atoms with Crippen LogP contribution in [0.25, 0.3) is 0 Å². The van der Waals surface area contributed by atoms with E-state index in [1.54, 1.807) is 41.6 Å². The molecule has 1 N–H and O–H groups in total. The number of nitrogens with one attached hydrogen (secondary N) is 1. The maximum atomic E-state index is 13.8. The first-order chi connectivity index (χ1) is 18.8. The summed E-state index contributed by atoms with van der Waals surface area (Å²) < 4.78 is 19.8. The number of rotatable bonds is 5. The third-order valence-corrected chi connectivity index (χ3v) is 7.83. The smallest absolute Gasteiger partial charge is 0.256 e. The van der Waals surface area contributed by atoms with Gasteiger partial charge in [0.25, 0.3) is 11.8 Å². The molecule has 0 aliphatic carbocycles. The van der Waals surface area contributed by atoms with E-state index >= 15 is 0 Å². The van der Waals surface area contributed by atoms with Crippen molar-refractivity contribution in [1.82, 2.24) is 20.1 Å². The molecule has 3 amide bonds. The molecule has 3 heterocycles. The topological polar surface area (TPSA) is 91.8 Å². The van der Waals surface area contributed by atoms with Crippen molar-refractivity contribution in [2.75, 3.05) is 19.7 Å². The minimum absolute atomic E-state index is 0.00412. The number of piperidine rings is 1. The molecule has 0 unspecified atom stereocenters. The summed E-state index contributed by atoms with van der Waals surface area (Å²) >= 11 is 12.1. The SMILES string of the molecule is O=C(NCc1ccncc1)[C@@H]1COC2(CCN(C(=O)c3ccc(Cl)c(Cl)c3)CC2)N1C(=O)c1ccc(F)cc1. The fourth-order valence-electron chi connectivity index (χ4n) is 4.98. The Morgan fingerprint density at radius 1 is 0.949 bits per heavy atom. The monoisotopic (exact) mass is 570 g/mol. The summed E-state index contributed by atoms with van der Waals surface area (Å²) in [5.74, 6) is -1.50. The number of benzene rings is 2. The maximum absolute atomic E-state index is 13.8. The molecule has 2 aliphatic rings. The lowest BCUT2D eigenvalue weighted by Gasteiger charge is -2.44. The number of aromatic nitrogens is 1. The number of likely N-dealkylation sites (tertiary alicyclic amines) is 1. The molecule has 11 heteroatoms. The molecule has 0 saturated carbocycles. The van der Waals surface area contributed by atoms with Gasteiger partial charge in [0, 0.05) is 56.0 Å². The Labute approximate surface area is 234 Å². The molecule has 5 rings (SSSR count). The highest BCUT2D eigenvalue weighted by Crippen LogP contribution is 2.39. The Morgan fingerprint density at radius 2 is 1.62 bits per heavy atom. The summed E-state index contributed by atoms with van der Waals surface area (Å²) in [6.07, 6.45) is 3.85. The first-order valence-corrected chi connectivity index (χ1v) is 13.2. The first-order valence-electron chi connectivity index (χ1n) is 12.4. The Bertz CT molecular complexity index is 1380. The first kappa shape index (κ1) is 27.1. The highest BCUT2D eigenvalue weighted by Gasteiger charge is 2.54. The van der Waals surface area contributed by atoms with Gasteiger partial charge in [0.15, 0.2) is 0 Å². The molecular weight excluding hydrogens is 546 g/mol. The van der Waals surface area contributed by atoms with E-state index < -0.39 is 23.5 Å². The van der Waals surface area contributed by atoms with Gasteiger partial charge < -0.3 is 15.0 Å². The van der Waals surface area contributed by atoms with Crippen molar-refractivity contribution >= 4 is 40.9 Å². The van der Waals surface area contributed by atoms with Gasteiger partial charge in [-0.1, -0.05) is 23.2 Å². The molecule has 2 aromatic carbocycles. The molecule has 2 aliphatic heterocycles. The van der Waals surface area contributed by atoms with Crippen LogP contribution in [0, 0.1) is 5.82 Å². The summed E-state index contributed by atoms with van der Waals surface area (Å²) in [5, 5.41) is 3.52. The van der Waals surface area contributed by atoms with E-state index in [-0.39, 0.29) is 48.6 Å². The van der Waals surface area contributed by atoms with E-state index in [1.165, 1.54) is 35.2 Å². The predicted molar refractivity (Wildman–Crippen MR) is 143 cm³/mol. The van der Waals surface area contributed by atoms with Crippen molar-refractivity contribution in [2.24, 2.45) is 0 Å². The highest BCUT2D eigenvalue weighted by atomic mass is 35.5. The Morgan fingerprint density at radius 3 is 2.28 bits per heavy atom. The van der Waals surface area contributed by atoms with Crippen molar-refractivity contribution in [1.29, 1.82) is 0 Å². The molecule has 8 nitrogen and oxygen atoms in total. The zero-order valence-corrected chi connectivity index (χ0v) is 22.3. The normalized spacial score (nSPS) is 18.3. The van der Waals surface area contributed by atoms with E-state index in [9.17, 15) is 18.8 Å². The quantitative estimate of drug-likeness (QED) is 0.493. The van der Waals surface area contributed by atoms with Gasteiger partial charge in [0.05, 0.1) is 16.7 Å². The molecule has 1 aromatic heterocycles. The van der Waals surface area contributed by atoms with E-state index in [0.717, 1.165) is 5.56 Å². The maximum Gasteiger partial charge on any atom is 0.256 e. The molecule has 2 fully saturated rings. The fraction of sp³-hybridized carbons (Fsp3) is 0.286. The number of hydrogen-bond acceptors (Lipinski definition) is 5. The second-order valence-electron chi connectivity index (χ2n) is 9.45. The molecule has 1 atom stereocenters. The van der Waals surface area contributed by atoms with Gasteiger partial charge in [-0.15, -0.1) is 0 Å². The van der Waals surface area contributed by atoms with Crippen molar-refractivity contribution in [3.63, 3.8) is 0 Å². The van der Waals surface area contributed by atoms with Crippen LogP contribution in [0.2, 0.25) is 10.0 Å². The highest BCUT2D eigenvalue weighted by molar-refractivity contribution is 6.42. The van der Waals surface area contributed by atoms with Crippen LogP contribution >= 0.6 is 23.2 Å². The summed E-state index contributed by atoms with van der Waals surface area (Å²) in [5.41, 5.74) is 0.402. The number of carbonyl (C=O) groups excluding carboxylic acids is 3. The number of halogens is 3. The minimum atomic E-state index is -1.10. The third-order valence-electron chi connectivity index (χ3n) is 7.09. The minimum Gasteiger partial charge on any atom is -0.353 e. The summed E-state index contributed by atoms with van der Waals surface area (Å²) in [7, 11) is 0. The van der Waals surface area contributed by atoms with Crippen molar-refractivity contribution in [3.8, 4) is 0 Å². The fourth-order valence-corrected chi connectivity index (χ4v) is 5.28. The molecule has 3 aromatic rings. The van der Waals surface area contributed by atoms with Crippen LogP contribution in [-0.4, -0.2) is 64.0 Å². The number of nitrogens with zero attached hydrogens (tertiary/aromatic N) is 3. The van der Waals surface area contributed by atoms with Crippen LogP contribution in [0.5, 0.6) is 0 Å². The van der Waals surface area contributed by atoms with Gasteiger partial charge in [0.2, 0.25) is 5.91 Å². The second kappa shape index (κ2) is 11.3. The molecule has 0 radical (unpaired) electrons. The zero-order valence-electron chi connectivity index (χ0n) is 20.8. The molecular formula is C28H25Cl2FN4O4. The Hall–Kier alpha value is -3.53. The van der Waals surface area contributed by atoms with Crippen LogP contribution in [0.4, 0.5) is 4.39 Å². The van der Waals surface area contributed by atoms with Crippen LogP contribution < -0.4 is 5.32 Å². The Balaban J connectivity index is 1.36. The third kappa shape index (κ3) is 5.61. The van der Waals surface area contributed by atoms with Crippen molar-refractivity contribution in [3.05, 3.63) is 99.5 Å². The largest absolute Gasteiger partial charge is 0.353 e. The second-order valence-corrected chi connectivity index (χ2v) is 10.3. The number of ether oxygens (including phenoxy) is 1. The molecule has 202 valence electrons. The van der Waals surface area contributed by atoms with E-state index in [4.69, 9.17) is 27.9 Å². The van der Waals surface area contributed by atoms with Gasteiger partial charge >= 0.3 is 0 Å². The number of pyridine rings is 1. The summed E-state index contributed by atoms with van der Waals surface area (Å²) in [6.45, 7) is 0.834. The van der Waals surface area contributed by atoms with Gasteiger partial charge in [-0.2, -0.15) is 0 Å². The summed E-state index contributed by atoms with van der Waals surface area (Å²) in [6, 6.07) is 12.6. The lowest BCUT2D eigenvalue weighted by Crippen LogP contribution is -2.59. The van der Waals surface area contributed by atoms with Crippen LogP contribution in [0.3, 0.4) is 0 Å². The van der Waals surface area contributed by atoms with Crippen LogP contribution in [0.1, 0.15) is 39.1 Å². The van der Waals surface area contributed by atoms with Gasteiger partial charge in [0.1, 0.15) is 17.6 Å². The lowest BCUT2D eigenvalue weighted by molar-refractivity contribution is -0.128. The number of hydrogen-bond donors (Lipinski definition) is 1.